The molecule has 0 aliphatic heterocycles. The Morgan fingerprint density at radius 1 is 1.47 bits per heavy atom. The topological polar surface area (TPSA) is 81.8 Å². The minimum atomic E-state index is -0.601. The first kappa shape index (κ1) is 14.0. The Morgan fingerprint density at radius 3 is 2.47 bits per heavy atom. The standard InChI is InChI=1S/C11H14BrNO4/c1-16-10-6(9(13)5-15)3-8(12)7(4-14)11(10)17-2/h3-4,9,15H,5,13H2,1-2H3. The number of aliphatic hydroxyl groups excluding tert-OH is 1. The first-order valence-corrected chi connectivity index (χ1v) is 5.65. The predicted octanol–water partition coefficient (Wildman–Crippen LogP) is 1.27. The number of aldehydes is 1. The number of nitrogens with two attached hydrogens (primary N) is 1. The van der Waals surface area contributed by atoms with Crippen LogP contribution in [-0.2, 0) is 0 Å². The Hall–Kier alpha value is -1.11. The van der Waals surface area contributed by atoms with Gasteiger partial charge in [-0.3, -0.25) is 4.79 Å². The van der Waals surface area contributed by atoms with Gasteiger partial charge in [0.25, 0.3) is 0 Å². The smallest absolute Gasteiger partial charge is 0.172 e. The van der Waals surface area contributed by atoms with Gasteiger partial charge in [-0.05, 0) is 22.0 Å². The zero-order valence-corrected chi connectivity index (χ0v) is 11.2. The van der Waals surface area contributed by atoms with Gasteiger partial charge in [-0.15, -0.1) is 0 Å². The quantitative estimate of drug-likeness (QED) is 0.801. The van der Waals surface area contributed by atoms with Crippen LogP contribution in [-0.4, -0.2) is 32.2 Å². The molecule has 0 amide bonds. The predicted molar refractivity (Wildman–Crippen MR) is 66.6 cm³/mol. The molecule has 0 spiro atoms. The average molecular weight is 304 g/mol. The van der Waals surface area contributed by atoms with E-state index >= 15 is 0 Å². The Labute approximate surface area is 108 Å². The van der Waals surface area contributed by atoms with Crippen LogP contribution in [0.15, 0.2) is 10.5 Å². The van der Waals surface area contributed by atoms with Gasteiger partial charge < -0.3 is 20.3 Å². The van der Waals surface area contributed by atoms with Crippen molar-refractivity contribution in [1.29, 1.82) is 0 Å². The molecule has 94 valence electrons. The lowest BCUT2D eigenvalue weighted by molar-refractivity contribution is 0.111. The largest absolute Gasteiger partial charge is 0.492 e. The van der Waals surface area contributed by atoms with Gasteiger partial charge in [-0.2, -0.15) is 0 Å². The number of aliphatic hydroxyl groups is 1. The number of hydrogen-bond donors (Lipinski definition) is 2. The summed E-state index contributed by atoms with van der Waals surface area (Å²) in [6, 6.07) is 1.04. The van der Waals surface area contributed by atoms with Crippen LogP contribution in [0.1, 0.15) is 22.0 Å². The molecular weight excluding hydrogens is 290 g/mol. The molecule has 5 nitrogen and oxygen atoms in total. The second-order valence-corrected chi connectivity index (χ2v) is 4.19. The van der Waals surface area contributed by atoms with Gasteiger partial charge in [0.15, 0.2) is 17.8 Å². The van der Waals surface area contributed by atoms with E-state index in [0.717, 1.165) is 0 Å². The highest BCUT2D eigenvalue weighted by atomic mass is 79.9. The van der Waals surface area contributed by atoms with Crippen molar-refractivity contribution < 1.29 is 19.4 Å². The summed E-state index contributed by atoms with van der Waals surface area (Å²) in [5.74, 6) is 0.662. The number of methoxy groups -OCH3 is 2. The molecule has 1 aromatic rings. The number of benzene rings is 1. The number of carbonyl (C=O) groups is 1. The van der Waals surface area contributed by atoms with Crippen LogP contribution < -0.4 is 15.2 Å². The van der Waals surface area contributed by atoms with E-state index in [1.807, 2.05) is 0 Å². The van der Waals surface area contributed by atoms with Crippen molar-refractivity contribution in [2.45, 2.75) is 6.04 Å². The molecule has 0 fully saturated rings. The fourth-order valence-corrected chi connectivity index (χ4v) is 2.06. The van der Waals surface area contributed by atoms with Gasteiger partial charge in [0.2, 0.25) is 0 Å². The van der Waals surface area contributed by atoms with Crippen molar-refractivity contribution in [3.05, 3.63) is 21.7 Å². The minimum Gasteiger partial charge on any atom is -0.492 e. The van der Waals surface area contributed by atoms with Crippen molar-refractivity contribution in [2.24, 2.45) is 5.73 Å². The molecular formula is C11H14BrNO4. The second-order valence-electron chi connectivity index (χ2n) is 3.33. The summed E-state index contributed by atoms with van der Waals surface area (Å²) >= 11 is 3.26. The summed E-state index contributed by atoms with van der Waals surface area (Å²) in [7, 11) is 2.89. The maximum Gasteiger partial charge on any atom is 0.172 e. The van der Waals surface area contributed by atoms with Gasteiger partial charge in [0.1, 0.15) is 0 Å². The fraction of sp³-hybridized carbons (Fsp3) is 0.364. The second kappa shape index (κ2) is 6.00. The van der Waals surface area contributed by atoms with E-state index in [0.29, 0.717) is 33.4 Å². The minimum absolute atomic E-state index is 0.230. The van der Waals surface area contributed by atoms with Crippen LogP contribution in [0.3, 0.4) is 0 Å². The number of hydrogen-bond acceptors (Lipinski definition) is 5. The monoisotopic (exact) mass is 303 g/mol. The molecule has 1 atom stereocenters. The Balaban J connectivity index is 3.52. The third kappa shape index (κ3) is 2.59. The molecule has 1 rings (SSSR count). The van der Waals surface area contributed by atoms with E-state index in [9.17, 15) is 4.79 Å². The molecule has 0 aliphatic rings. The number of ether oxygens (including phenoxy) is 2. The average Bonchev–Trinajstić information content (AvgIpc) is 2.36. The molecule has 3 N–H and O–H groups in total. The van der Waals surface area contributed by atoms with Crippen LogP contribution in [0.2, 0.25) is 0 Å². The molecule has 6 heteroatoms. The zero-order valence-electron chi connectivity index (χ0n) is 9.57. The van der Waals surface area contributed by atoms with Gasteiger partial charge in [0, 0.05) is 10.0 Å². The van der Waals surface area contributed by atoms with Crippen molar-refractivity contribution in [1.82, 2.24) is 0 Å². The first-order chi connectivity index (χ1) is 8.10. The molecule has 0 saturated carbocycles. The first-order valence-electron chi connectivity index (χ1n) is 4.86. The highest BCUT2D eigenvalue weighted by Crippen LogP contribution is 2.40. The SMILES string of the molecule is COc1c(C(N)CO)cc(Br)c(C=O)c1OC. The number of rotatable bonds is 5. The molecule has 0 saturated heterocycles. The van der Waals surface area contributed by atoms with Crippen LogP contribution in [0.25, 0.3) is 0 Å². The maximum absolute atomic E-state index is 11.0. The van der Waals surface area contributed by atoms with Crippen LogP contribution in [0.5, 0.6) is 11.5 Å². The third-order valence-electron chi connectivity index (χ3n) is 2.37. The highest BCUT2D eigenvalue weighted by Gasteiger charge is 2.21. The molecule has 0 aromatic heterocycles. The van der Waals surface area contributed by atoms with Gasteiger partial charge in [-0.1, -0.05) is 0 Å². The summed E-state index contributed by atoms with van der Waals surface area (Å²) in [5, 5.41) is 9.08. The summed E-state index contributed by atoms with van der Waals surface area (Å²) in [6.45, 7) is -0.230. The van der Waals surface area contributed by atoms with Gasteiger partial charge >= 0.3 is 0 Å². The Kier molecular flexibility index (Phi) is 4.92. The Bertz CT molecular complexity index is 422. The van der Waals surface area contributed by atoms with Crippen molar-refractivity contribution >= 4 is 22.2 Å². The lowest BCUT2D eigenvalue weighted by Crippen LogP contribution is -2.16. The molecule has 1 aromatic carbocycles. The molecule has 17 heavy (non-hydrogen) atoms. The normalized spacial score (nSPS) is 12.1. The van der Waals surface area contributed by atoms with E-state index in [2.05, 4.69) is 15.9 Å². The number of halogens is 1. The van der Waals surface area contributed by atoms with E-state index in [4.69, 9.17) is 20.3 Å². The Morgan fingerprint density at radius 2 is 2.06 bits per heavy atom. The molecule has 0 heterocycles. The van der Waals surface area contributed by atoms with Crippen LogP contribution in [0, 0.1) is 0 Å². The molecule has 0 bridgehead atoms. The van der Waals surface area contributed by atoms with Crippen molar-refractivity contribution in [2.75, 3.05) is 20.8 Å². The zero-order chi connectivity index (χ0) is 13.0. The van der Waals surface area contributed by atoms with E-state index in [1.165, 1.54) is 14.2 Å². The number of carbonyl (C=O) groups excluding carboxylic acids is 1. The fourth-order valence-electron chi connectivity index (χ4n) is 1.54. The summed E-state index contributed by atoms with van der Waals surface area (Å²) in [6.07, 6.45) is 0.666. The molecule has 0 aliphatic carbocycles. The molecule has 0 radical (unpaired) electrons. The van der Waals surface area contributed by atoms with Crippen molar-refractivity contribution in [3.63, 3.8) is 0 Å². The van der Waals surface area contributed by atoms with Gasteiger partial charge in [-0.25, -0.2) is 0 Å². The van der Waals surface area contributed by atoms with E-state index in [1.54, 1.807) is 6.07 Å². The lowest BCUT2D eigenvalue weighted by Gasteiger charge is -2.18. The maximum atomic E-state index is 11.0. The third-order valence-corrected chi connectivity index (χ3v) is 3.03. The van der Waals surface area contributed by atoms with Crippen LogP contribution in [0.4, 0.5) is 0 Å². The highest BCUT2D eigenvalue weighted by molar-refractivity contribution is 9.10. The van der Waals surface area contributed by atoms with Gasteiger partial charge in [0.05, 0.1) is 32.4 Å². The van der Waals surface area contributed by atoms with Crippen LogP contribution >= 0.6 is 15.9 Å². The molecule has 1 unspecified atom stereocenters. The summed E-state index contributed by atoms with van der Waals surface area (Å²) < 4.78 is 10.9. The summed E-state index contributed by atoms with van der Waals surface area (Å²) in [4.78, 5) is 11.0. The van der Waals surface area contributed by atoms with Crippen molar-refractivity contribution in [3.8, 4) is 11.5 Å². The summed E-state index contributed by atoms with van der Waals surface area (Å²) in [5.41, 5.74) is 6.68. The van der Waals surface area contributed by atoms with E-state index in [-0.39, 0.29) is 6.61 Å². The lowest BCUT2D eigenvalue weighted by atomic mass is 10.0. The van der Waals surface area contributed by atoms with E-state index < -0.39 is 6.04 Å².